The van der Waals surface area contributed by atoms with Gasteiger partial charge in [0.25, 0.3) is 0 Å². The average Bonchev–Trinajstić information content (AvgIpc) is 2.65. The van der Waals surface area contributed by atoms with Crippen LogP contribution in [0.3, 0.4) is 0 Å². The van der Waals surface area contributed by atoms with E-state index in [4.69, 9.17) is 5.11 Å². The molecule has 0 bridgehead atoms. The number of thiophene rings is 1. The van der Waals surface area contributed by atoms with Gasteiger partial charge in [0.05, 0.1) is 11.8 Å². The van der Waals surface area contributed by atoms with Crippen molar-refractivity contribution in [3.63, 3.8) is 0 Å². The second-order valence-corrected chi connectivity index (χ2v) is 6.27. The number of carbonyl (C=O) groups is 2. The number of hydrogen-bond donors (Lipinski definition) is 2. The molecule has 0 radical (unpaired) electrons. The van der Waals surface area contributed by atoms with Crippen LogP contribution < -0.4 is 5.32 Å². The number of amides is 1. The summed E-state index contributed by atoms with van der Waals surface area (Å²) in [4.78, 5) is 24.1. The molecule has 98 valence electrons. The maximum atomic E-state index is 11.9. The summed E-state index contributed by atoms with van der Waals surface area (Å²) in [5.41, 5.74) is -0.418. The van der Waals surface area contributed by atoms with Gasteiger partial charge in [0.2, 0.25) is 5.91 Å². The lowest BCUT2D eigenvalue weighted by atomic mass is 10.1. The van der Waals surface area contributed by atoms with Crippen LogP contribution in [0.15, 0.2) is 17.5 Å². The van der Waals surface area contributed by atoms with E-state index in [1.807, 2.05) is 31.4 Å². The summed E-state index contributed by atoms with van der Waals surface area (Å²) in [7, 11) is 0. The number of carboxylic acid groups (broad SMARTS) is 1. The zero-order chi connectivity index (χ0) is 13.3. The second kappa shape index (κ2) is 4.72. The van der Waals surface area contributed by atoms with Gasteiger partial charge in [-0.05, 0) is 23.3 Å². The predicted octanol–water partition coefficient (Wildman–Crippen LogP) is 1.76. The highest BCUT2D eigenvalue weighted by Crippen LogP contribution is 2.58. The fraction of sp³-hybridized carbons (Fsp3) is 0.538. The lowest BCUT2D eigenvalue weighted by Gasteiger charge is -2.04. The Balaban J connectivity index is 1.81. The summed E-state index contributed by atoms with van der Waals surface area (Å²) in [5.74, 6) is -1.94. The third-order valence-electron chi connectivity index (χ3n) is 3.63. The van der Waals surface area contributed by atoms with Crippen LogP contribution in [-0.4, -0.2) is 23.5 Å². The van der Waals surface area contributed by atoms with Crippen LogP contribution in [0.2, 0.25) is 0 Å². The molecule has 1 fully saturated rings. The molecule has 0 spiro atoms. The number of nitrogens with one attached hydrogen (secondary N) is 1. The number of carbonyl (C=O) groups excluding carboxylic acids is 1. The largest absolute Gasteiger partial charge is 0.481 e. The topological polar surface area (TPSA) is 66.4 Å². The van der Waals surface area contributed by atoms with Gasteiger partial charge in [-0.1, -0.05) is 19.9 Å². The van der Waals surface area contributed by atoms with E-state index in [1.54, 1.807) is 11.3 Å². The van der Waals surface area contributed by atoms with Gasteiger partial charge in [-0.2, -0.15) is 0 Å². The molecule has 1 aliphatic carbocycles. The van der Waals surface area contributed by atoms with Crippen molar-refractivity contribution < 1.29 is 14.7 Å². The zero-order valence-electron chi connectivity index (χ0n) is 10.5. The molecule has 1 aromatic rings. The average molecular weight is 267 g/mol. The Labute approximate surface area is 110 Å². The van der Waals surface area contributed by atoms with Gasteiger partial charge in [0, 0.05) is 11.4 Å². The van der Waals surface area contributed by atoms with Crippen molar-refractivity contribution in [2.45, 2.75) is 20.3 Å². The minimum atomic E-state index is -0.876. The Morgan fingerprint density at radius 3 is 2.67 bits per heavy atom. The van der Waals surface area contributed by atoms with Crippen LogP contribution in [-0.2, 0) is 16.0 Å². The molecule has 2 N–H and O–H groups in total. The van der Waals surface area contributed by atoms with Crippen LogP contribution in [0.25, 0.3) is 0 Å². The van der Waals surface area contributed by atoms with Gasteiger partial charge in [0.15, 0.2) is 0 Å². The first-order valence-corrected chi connectivity index (χ1v) is 6.85. The lowest BCUT2D eigenvalue weighted by molar-refractivity contribution is -0.140. The lowest BCUT2D eigenvalue weighted by Crippen LogP contribution is -2.29. The molecule has 2 rings (SSSR count). The normalized spacial score (nSPS) is 24.6. The first-order chi connectivity index (χ1) is 8.44. The molecule has 5 heteroatoms. The van der Waals surface area contributed by atoms with Crippen molar-refractivity contribution in [2.24, 2.45) is 17.3 Å². The van der Waals surface area contributed by atoms with Crippen molar-refractivity contribution in [1.29, 1.82) is 0 Å². The van der Waals surface area contributed by atoms with Crippen molar-refractivity contribution in [3.05, 3.63) is 22.4 Å². The Morgan fingerprint density at radius 1 is 1.44 bits per heavy atom. The predicted molar refractivity (Wildman–Crippen MR) is 69.4 cm³/mol. The SMILES string of the molecule is CC1(C)C(C(=O)O)C1C(=O)NCCc1cccs1. The molecule has 18 heavy (non-hydrogen) atoms. The number of hydrogen-bond acceptors (Lipinski definition) is 3. The standard InChI is InChI=1S/C13H17NO3S/c1-13(2)9(10(13)12(16)17)11(15)14-6-5-8-4-3-7-18-8/h3-4,7,9-10H,5-6H2,1-2H3,(H,14,15)(H,16,17). The molecule has 1 heterocycles. The summed E-state index contributed by atoms with van der Waals surface area (Å²) in [6.07, 6.45) is 0.800. The van der Waals surface area contributed by atoms with E-state index in [0.29, 0.717) is 6.54 Å². The van der Waals surface area contributed by atoms with Crippen LogP contribution in [0.1, 0.15) is 18.7 Å². The molecule has 1 amide bonds. The van der Waals surface area contributed by atoms with Gasteiger partial charge in [-0.15, -0.1) is 11.3 Å². The number of aliphatic carboxylic acids is 1. The Bertz CT molecular complexity index is 453. The molecule has 4 nitrogen and oxygen atoms in total. The van der Waals surface area contributed by atoms with Crippen LogP contribution in [0, 0.1) is 17.3 Å². The van der Waals surface area contributed by atoms with Crippen LogP contribution in [0.4, 0.5) is 0 Å². The zero-order valence-corrected chi connectivity index (χ0v) is 11.3. The van der Waals surface area contributed by atoms with E-state index in [2.05, 4.69) is 5.32 Å². The van der Waals surface area contributed by atoms with Crippen LogP contribution in [0.5, 0.6) is 0 Å². The fourth-order valence-corrected chi connectivity index (χ4v) is 3.17. The fourth-order valence-electron chi connectivity index (χ4n) is 2.46. The minimum absolute atomic E-state index is 0.135. The molecule has 1 aromatic heterocycles. The van der Waals surface area contributed by atoms with Crippen molar-refractivity contribution >= 4 is 23.2 Å². The second-order valence-electron chi connectivity index (χ2n) is 5.24. The number of carboxylic acids is 1. The van der Waals surface area contributed by atoms with Gasteiger partial charge >= 0.3 is 5.97 Å². The monoisotopic (exact) mass is 267 g/mol. The summed E-state index contributed by atoms with van der Waals surface area (Å²) >= 11 is 1.66. The van der Waals surface area contributed by atoms with E-state index in [0.717, 1.165) is 6.42 Å². The summed E-state index contributed by atoms with van der Waals surface area (Å²) in [5, 5.41) is 13.8. The minimum Gasteiger partial charge on any atom is -0.481 e. The Morgan fingerprint density at radius 2 is 2.17 bits per heavy atom. The third-order valence-corrected chi connectivity index (χ3v) is 4.56. The first-order valence-electron chi connectivity index (χ1n) is 5.97. The molecule has 2 unspecified atom stereocenters. The summed E-state index contributed by atoms with van der Waals surface area (Å²) < 4.78 is 0. The molecule has 1 aliphatic rings. The molecule has 0 saturated heterocycles. The van der Waals surface area contributed by atoms with E-state index in [1.165, 1.54) is 4.88 Å². The Hall–Kier alpha value is -1.36. The molecule has 1 saturated carbocycles. The van der Waals surface area contributed by atoms with Gasteiger partial charge in [0.1, 0.15) is 0 Å². The highest BCUT2D eigenvalue weighted by atomic mass is 32.1. The summed E-state index contributed by atoms with van der Waals surface area (Å²) in [6.45, 7) is 4.23. The van der Waals surface area contributed by atoms with Gasteiger partial charge in [-0.25, -0.2) is 0 Å². The first kappa shape index (κ1) is 13.1. The molecule has 0 aliphatic heterocycles. The maximum absolute atomic E-state index is 11.9. The number of rotatable bonds is 5. The van der Waals surface area contributed by atoms with E-state index in [-0.39, 0.29) is 5.91 Å². The van der Waals surface area contributed by atoms with Crippen molar-refractivity contribution in [2.75, 3.05) is 6.54 Å². The quantitative estimate of drug-likeness (QED) is 0.854. The van der Waals surface area contributed by atoms with E-state index >= 15 is 0 Å². The third kappa shape index (κ3) is 2.41. The summed E-state index contributed by atoms with van der Waals surface area (Å²) in [6, 6.07) is 4.00. The highest BCUT2D eigenvalue weighted by Gasteiger charge is 2.65. The van der Waals surface area contributed by atoms with Gasteiger partial charge < -0.3 is 10.4 Å². The molecular weight excluding hydrogens is 250 g/mol. The van der Waals surface area contributed by atoms with Gasteiger partial charge in [-0.3, -0.25) is 9.59 Å². The van der Waals surface area contributed by atoms with Crippen LogP contribution >= 0.6 is 11.3 Å². The highest BCUT2D eigenvalue weighted by molar-refractivity contribution is 7.09. The van der Waals surface area contributed by atoms with Crippen molar-refractivity contribution in [1.82, 2.24) is 5.32 Å². The molecular formula is C13H17NO3S. The molecule has 0 aromatic carbocycles. The van der Waals surface area contributed by atoms with Crippen molar-refractivity contribution in [3.8, 4) is 0 Å². The Kier molecular flexibility index (Phi) is 3.43. The molecule has 2 atom stereocenters. The van der Waals surface area contributed by atoms with E-state index < -0.39 is 23.2 Å². The van der Waals surface area contributed by atoms with E-state index in [9.17, 15) is 9.59 Å². The maximum Gasteiger partial charge on any atom is 0.307 e. The smallest absolute Gasteiger partial charge is 0.307 e.